The fourth-order valence-corrected chi connectivity index (χ4v) is 2.16. The lowest BCUT2D eigenvalue weighted by molar-refractivity contribution is -0.118. The van der Waals surface area contributed by atoms with Gasteiger partial charge in [-0.2, -0.15) is 5.10 Å². The highest BCUT2D eigenvalue weighted by atomic mass is 35.5. The van der Waals surface area contributed by atoms with E-state index < -0.39 is 5.82 Å². The summed E-state index contributed by atoms with van der Waals surface area (Å²) in [7, 11) is 0. The number of Topliss-reactive ketones (excluding diaryl/α,β-unsaturated/α-hetero) is 1. The van der Waals surface area contributed by atoms with E-state index in [1.165, 1.54) is 12.4 Å². The van der Waals surface area contributed by atoms with Gasteiger partial charge in [-0.3, -0.25) is 4.79 Å². The highest BCUT2D eigenvalue weighted by Crippen LogP contribution is 2.19. The molecule has 4 nitrogen and oxygen atoms in total. The summed E-state index contributed by atoms with van der Waals surface area (Å²) >= 11 is 5.69. The van der Waals surface area contributed by atoms with Gasteiger partial charge in [0, 0.05) is 12.5 Å². The standard InChI is InChI=1S/C14H15ClFN3O/c1-9(2)19-13(17-8-18-19)7-11(20)6-10-4-3-5-12(15)14(10)16/h3-5,8-9H,6-7H2,1-2H3. The Bertz CT molecular complexity index is 625. The molecule has 0 amide bonds. The maximum absolute atomic E-state index is 13.7. The molecule has 0 fully saturated rings. The minimum Gasteiger partial charge on any atom is -0.299 e. The molecule has 0 atom stereocenters. The predicted molar refractivity (Wildman–Crippen MR) is 74.2 cm³/mol. The van der Waals surface area contributed by atoms with Gasteiger partial charge in [0.15, 0.2) is 0 Å². The zero-order valence-corrected chi connectivity index (χ0v) is 12.1. The van der Waals surface area contributed by atoms with Crippen molar-refractivity contribution in [2.75, 3.05) is 0 Å². The summed E-state index contributed by atoms with van der Waals surface area (Å²) in [6.45, 7) is 3.92. The second kappa shape index (κ2) is 6.13. The fraction of sp³-hybridized carbons (Fsp3) is 0.357. The highest BCUT2D eigenvalue weighted by Gasteiger charge is 2.15. The second-order valence-electron chi connectivity index (χ2n) is 4.82. The van der Waals surface area contributed by atoms with E-state index >= 15 is 0 Å². The number of nitrogens with zero attached hydrogens (tertiary/aromatic N) is 3. The molecule has 0 saturated heterocycles. The van der Waals surface area contributed by atoms with Gasteiger partial charge in [0.1, 0.15) is 23.8 Å². The summed E-state index contributed by atoms with van der Waals surface area (Å²) in [5, 5.41) is 4.09. The summed E-state index contributed by atoms with van der Waals surface area (Å²) in [6, 6.07) is 4.78. The quantitative estimate of drug-likeness (QED) is 0.852. The van der Waals surface area contributed by atoms with Crippen LogP contribution in [0, 0.1) is 5.82 Å². The van der Waals surface area contributed by atoms with Gasteiger partial charge < -0.3 is 0 Å². The minimum atomic E-state index is -0.534. The molecule has 6 heteroatoms. The highest BCUT2D eigenvalue weighted by molar-refractivity contribution is 6.30. The zero-order chi connectivity index (χ0) is 14.7. The summed E-state index contributed by atoms with van der Waals surface area (Å²) in [4.78, 5) is 16.1. The SMILES string of the molecule is CC(C)n1ncnc1CC(=O)Cc1cccc(Cl)c1F. The van der Waals surface area contributed by atoms with Crippen molar-refractivity contribution in [2.24, 2.45) is 0 Å². The van der Waals surface area contributed by atoms with Crippen molar-refractivity contribution >= 4 is 17.4 Å². The van der Waals surface area contributed by atoms with Crippen LogP contribution in [0.2, 0.25) is 5.02 Å². The average molecular weight is 296 g/mol. The molecule has 1 aromatic carbocycles. The summed E-state index contributed by atoms with van der Waals surface area (Å²) in [5.41, 5.74) is 0.304. The maximum atomic E-state index is 13.7. The third-order valence-electron chi connectivity index (χ3n) is 2.91. The van der Waals surface area contributed by atoms with Gasteiger partial charge in [-0.15, -0.1) is 0 Å². The molecule has 0 N–H and O–H groups in total. The number of ketones is 1. The van der Waals surface area contributed by atoms with Gasteiger partial charge in [-0.05, 0) is 25.5 Å². The van der Waals surface area contributed by atoms with Crippen LogP contribution in [-0.4, -0.2) is 20.5 Å². The Morgan fingerprint density at radius 3 is 2.85 bits per heavy atom. The van der Waals surface area contributed by atoms with Crippen LogP contribution in [0.15, 0.2) is 24.5 Å². The van der Waals surface area contributed by atoms with Crippen molar-refractivity contribution in [3.8, 4) is 0 Å². The molecule has 2 rings (SSSR count). The van der Waals surface area contributed by atoms with Gasteiger partial charge in [-0.1, -0.05) is 23.7 Å². The first-order chi connectivity index (χ1) is 9.49. The Morgan fingerprint density at radius 2 is 2.15 bits per heavy atom. The number of aromatic nitrogens is 3. The van der Waals surface area contributed by atoms with Crippen molar-refractivity contribution in [1.82, 2.24) is 14.8 Å². The molecule has 0 aliphatic heterocycles. The van der Waals surface area contributed by atoms with Crippen LogP contribution in [0.1, 0.15) is 31.3 Å². The lowest BCUT2D eigenvalue weighted by atomic mass is 10.1. The Labute approximate surface area is 121 Å². The van der Waals surface area contributed by atoms with Crippen LogP contribution in [0.3, 0.4) is 0 Å². The number of rotatable bonds is 5. The molecule has 1 aromatic heterocycles. The van der Waals surface area contributed by atoms with E-state index in [4.69, 9.17) is 11.6 Å². The first-order valence-corrected chi connectivity index (χ1v) is 6.69. The Kier molecular flexibility index (Phi) is 4.49. The van der Waals surface area contributed by atoms with E-state index in [-0.39, 0.29) is 29.7 Å². The molecule has 0 aliphatic carbocycles. The van der Waals surface area contributed by atoms with E-state index in [1.807, 2.05) is 13.8 Å². The number of halogens is 2. The summed E-state index contributed by atoms with van der Waals surface area (Å²) in [6.07, 6.45) is 1.55. The van der Waals surface area contributed by atoms with Crippen LogP contribution in [-0.2, 0) is 17.6 Å². The van der Waals surface area contributed by atoms with Gasteiger partial charge in [-0.25, -0.2) is 14.1 Å². The summed E-state index contributed by atoms with van der Waals surface area (Å²) < 4.78 is 15.4. The molecule has 0 radical (unpaired) electrons. The Morgan fingerprint density at radius 1 is 1.40 bits per heavy atom. The number of hydrogen-bond acceptors (Lipinski definition) is 3. The van der Waals surface area contributed by atoms with E-state index in [9.17, 15) is 9.18 Å². The zero-order valence-electron chi connectivity index (χ0n) is 11.3. The van der Waals surface area contributed by atoms with Crippen LogP contribution >= 0.6 is 11.6 Å². The number of carbonyl (C=O) groups excluding carboxylic acids is 1. The Hall–Kier alpha value is -1.75. The molecular weight excluding hydrogens is 281 g/mol. The average Bonchev–Trinajstić information content (AvgIpc) is 2.83. The van der Waals surface area contributed by atoms with E-state index in [0.29, 0.717) is 11.4 Å². The Balaban J connectivity index is 2.09. The van der Waals surface area contributed by atoms with Crippen molar-refractivity contribution in [2.45, 2.75) is 32.7 Å². The molecule has 0 aliphatic rings. The second-order valence-corrected chi connectivity index (χ2v) is 5.23. The molecule has 0 spiro atoms. The first-order valence-electron chi connectivity index (χ1n) is 6.32. The van der Waals surface area contributed by atoms with Gasteiger partial charge in [0.25, 0.3) is 0 Å². The van der Waals surface area contributed by atoms with Crippen molar-refractivity contribution in [3.63, 3.8) is 0 Å². The number of carbonyl (C=O) groups is 1. The lowest BCUT2D eigenvalue weighted by Crippen LogP contribution is -2.15. The first kappa shape index (κ1) is 14.7. The van der Waals surface area contributed by atoms with Gasteiger partial charge in [0.05, 0.1) is 11.4 Å². The van der Waals surface area contributed by atoms with Gasteiger partial charge in [0.2, 0.25) is 0 Å². The van der Waals surface area contributed by atoms with E-state index in [0.717, 1.165) is 0 Å². The molecule has 0 unspecified atom stereocenters. The van der Waals surface area contributed by atoms with Crippen molar-refractivity contribution < 1.29 is 9.18 Å². The van der Waals surface area contributed by atoms with Crippen LogP contribution in [0.5, 0.6) is 0 Å². The van der Waals surface area contributed by atoms with Gasteiger partial charge >= 0.3 is 0 Å². The normalized spacial score (nSPS) is 11.1. The van der Waals surface area contributed by atoms with E-state index in [1.54, 1.807) is 16.8 Å². The molecule has 2 aromatic rings. The molecular formula is C14H15ClFN3O. The predicted octanol–water partition coefficient (Wildman–Crippen LogP) is 3.01. The van der Waals surface area contributed by atoms with E-state index in [2.05, 4.69) is 10.1 Å². The molecule has 1 heterocycles. The largest absolute Gasteiger partial charge is 0.299 e. The molecule has 20 heavy (non-hydrogen) atoms. The molecule has 106 valence electrons. The van der Waals surface area contributed by atoms with Crippen molar-refractivity contribution in [1.29, 1.82) is 0 Å². The molecule has 0 bridgehead atoms. The third-order valence-corrected chi connectivity index (χ3v) is 3.20. The maximum Gasteiger partial charge on any atom is 0.145 e. The lowest BCUT2D eigenvalue weighted by Gasteiger charge is -2.09. The smallest absolute Gasteiger partial charge is 0.145 e. The fourth-order valence-electron chi connectivity index (χ4n) is 1.97. The minimum absolute atomic E-state index is 0.00263. The topological polar surface area (TPSA) is 47.8 Å². The van der Waals surface area contributed by atoms with Crippen LogP contribution in [0.4, 0.5) is 4.39 Å². The van der Waals surface area contributed by atoms with Crippen molar-refractivity contribution in [3.05, 3.63) is 46.8 Å². The summed E-state index contributed by atoms with van der Waals surface area (Å²) in [5.74, 6) is -0.0682. The molecule has 0 saturated carbocycles. The van der Waals surface area contributed by atoms with Crippen LogP contribution in [0.25, 0.3) is 0 Å². The third kappa shape index (κ3) is 3.22. The number of hydrogen-bond donors (Lipinski definition) is 0. The monoisotopic (exact) mass is 295 g/mol. The van der Waals surface area contributed by atoms with Crippen LogP contribution < -0.4 is 0 Å². The number of benzene rings is 1.